The van der Waals surface area contributed by atoms with Crippen LogP contribution in [0.3, 0.4) is 0 Å². The number of hydrogen-bond acceptors (Lipinski definition) is 3. The SMILES string of the molecule is c1ccc(-c2cccc(-c3cccc(-c4nc(-c5ccccc5)nc(-c5cccc6c5c5ccccc5n6-c5cccc(-c6ccccc6)c5)n4)c3)c2)cc1. The molecule has 2 heterocycles. The molecule has 0 aliphatic carbocycles. The zero-order chi connectivity index (χ0) is 36.6. The maximum atomic E-state index is 5.26. The normalized spacial score (nSPS) is 11.3. The van der Waals surface area contributed by atoms with Crippen molar-refractivity contribution in [1.82, 2.24) is 19.5 Å². The first-order valence-electron chi connectivity index (χ1n) is 18.5. The monoisotopic (exact) mass is 702 g/mol. The number of para-hydroxylation sites is 1. The predicted octanol–water partition coefficient (Wildman–Crippen LogP) is 13.0. The fourth-order valence-corrected chi connectivity index (χ4v) is 7.63. The van der Waals surface area contributed by atoms with E-state index in [0.717, 1.165) is 55.3 Å². The minimum absolute atomic E-state index is 0.626. The van der Waals surface area contributed by atoms with Crippen LogP contribution in [0.15, 0.2) is 206 Å². The Balaban J connectivity index is 1.15. The van der Waals surface area contributed by atoms with E-state index < -0.39 is 0 Å². The van der Waals surface area contributed by atoms with Crippen LogP contribution in [0.5, 0.6) is 0 Å². The average Bonchev–Trinajstić information content (AvgIpc) is 3.62. The first kappa shape index (κ1) is 32.2. The van der Waals surface area contributed by atoms with Crippen molar-refractivity contribution in [3.8, 4) is 73.2 Å². The number of aromatic nitrogens is 4. The summed E-state index contributed by atoms with van der Waals surface area (Å²) in [5, 5.41) is 2.24. The minimum atomic E-state index is 0.626. The van der Waals surface area contributed by atoms with Crippen molar-refractivity contribution in [3.05, 3.63) is 206 Å². The summed E-state index contributed by atoms with van der Waals surface area (Å²) in [5.41, 5.74) is 13.1. The van der Waals surface area contributed by atoms with Crippen molar-refractivity contribution in [2.24, 2.45) is 0 Å². The quantitative estimate of drug-likeness (QED) is 0.166. The van der Waals surface area contributed by atoms with Crippen LogP contribution in [0.25, 0.3) is 95.0 Å². The first-order valence-corrected chi connectivity index (χ1v) is 18.5. The van der Waals surface area contributed by atoms with Gasteiger partial charge in [0.15, 0.2) is 17.5 Å². The molecule has 0 fully saturated rings. The molecule has 10 aromatic rings. The Kier molecular flexibility index (Phi) is 8.12. The molecule has 4 heteroatoms. The van der Waals surface area contributed by atoms with Crippen LogP contribution in [0, 0.1) is 0 Å². The molecule has 4 nitrogen and oxygen atoms in total. The van der Waals surface area contributed by atoms with Crippen molar-refractivity contribution in [3.63, 3.8) is 0 Å². The van der Waals surface area contributed by atoms with Gasteiger partial charge in [-0.15, -0.1) is 0 Å². The van der Waals surface area contributed by atoms with Crippen molar-refractivity contribution in [1.29, 1.82) is 0 Å². The fraction of sp³-hybridized carbons (Fsp3) is 0. The second kappa shape index (κ2) is 13.8. The lowest BCUT2D eigenvalue weighted by Crippen LogP contribution is -2.00. The Labute approximate surface area is 319 Å². The van der Waals surface area contributed by atoms with Gasteiger partial charge in [-0.05, 0) is 69.8 Å². The molecular formula is C51H34N4. The van der Waals surface area contributed by atoms with E-state index in [1.54, 1.807) is 0 Å². The molecule has 0 N–H and O–H groups in total. The molecule has 0 saturated heterocycles. The topological polar surface area (TPSA) is 43.6 Å². The van der Waals surface area contributed by atoms with Gasteiger partial charge in [0.1, 0.15) is 0 Å². The zero-order valence-corrected chi connectivity index (χ0v) is 29.9. The van der Waals surface area contributed by atoms with E-state index in [-0.39, 0.29) is 0 Å². The molecule has 2 aromatic heterocycles. The molecule has 0 bridgehead atoms. The van der Waals surface area contributed by atoms with E-state index >= 15 is 0 Å². The number of nitrogens with zero attached hydrogens (tertiary/aromatic N) is 4. The summed E-state index contributed by atoms with van der Waals surface area (Å²) >= 11 is 0. The Morgan fingerprint density at radius 2 is 0.727 bits per heavy atom. The number of hydrogen-bond donors (Lipinski definition) is 0. The molecule has 8 aromatic carbocycles. The molecular weight excluding hydrogens is 669 g/mol. The Hall–Kier alpha value is -7.43. The van der Waals surface area contributed by atoms with Crippen LogP contribution in [-0.4, -0.2) is 19.5 Å². The molecule has 0 aliphatic heterocycles. The summed E-state index contributed by atoms with van der Waals surface area (Å²) in [7, 11) is 0. The lowest BCUT2D eigenvalue weighted by atomic mass is 9.98. The molecule has 0 aliphatic rings. The van der Waals surface area contributed by atoms with E-state index in [0.29, 0.717) is 17.5 Å². The van der Waals surface area contributed by atoms with Gasteiger partial charge in [0.05, 0.1) is 11.0 Å². The molecule has 0 radical (unpaired) electrons. The van der Waals surface area contributed by atoms with Gasteiger partial charge in [-0.1, -0.05) is 170 Å². The lowest BCUT2D eigenvalue weighted by molar-refractivity contribution is 1.08. The summed E-state index contributed by atoms with van der Waals surface area (Å²) in [5.74, 6) is 1.89. The second-order valence-electron chi connectivity index (χ2n) is 13.7. The summed E-state index contributed by atoms with van der Waals surface area (Å²) in [6, 6.07) is 72.2. The van der Waals surface area contributed by atoms with Crippen LogP contribution >= 0.6 is 0 Å². The van der Waals surface area contributed by atoms with Gasteiger partial charge >= 0.3 is 0 Å². The maximum Gasteiger partial charge on any atom is 0.164 e. The van der Waals surface area contributed by atoms with E-state index in [2.05, 4.69) is 187 Å². The summed E-state index contributed by atoms with van der Waals surface area (Å²) in [4.78, 5) is 15.6. The highest BCUT2D eigenvalue weighted by Gasteiger charge is 2.20. The third kappa shape index (κ3) is 6.06. The molecule has 0 atom stereocenters. The van der Waals surface area contributed by atoms with E-state index in [9.17, 15) is 0 Å². The first-order chi connectivity index (χ1) is 27.3. The molecule has 55 heavy (non-hydrogen) atoms. The largest absolute Gasteiger partial charge is 0.309 e. The molecule has 0 amide bonds. The minimum Gasteiger partial charge on any atom is -0.309 e. The highest BCUT2D eigenvalue weighted by molar-refractivity contribution is 6.15. The third-order valence-corrected chi connectivity index (χ3v) is 10.2. The van der Waals surface area contributed by atoms with Crippen LogP contribution in [0.2, 0.25) is 0 Å². The Morgan fingerprint density at radius 3 is 1.40 bits per heavy atom. The van der Waals surface area contributed by atoms with Gasteiger partial charge in [0.2, 0.25) is 0 Å². The fourth-order valence-electron chi connectivity index (χ4n) is 7.63. The molecule has 0 saturated carbocycles. The Bertz CT molecular complexity index is 2970. The number of fused-ring (bicyclic) bond motifs is 3. The summed E-state index contributed by atoms with van der Waals surface area (Å²) < 4.78 is 2.36. The highest BCUT2D eigenvalue weighted by Crippen LogP contribution is 2.39. The van der Waals surface area contributed by atoms with E-state index in [4.69, 9.17) is 15.0 Å². The average molecular weight is 703 g/mol. The molecule has 0 unspecified atom stereocenters. The van der Waals surface area contributed by atoms with Crippen molar-refractivity contribution in [2.45, 2.75) is 0 Å². The molecule has 10 rings (SSSR count). The lowest BCUT2D eigenvalue weighted by Gasteiger charge is -2.12. The smallest absolute Gasteiger partial charge is 0.164 e. The van der Waals surface area contributed by atoms with Crippen molar-refractivity contribution in [2.75, 3.05) is 0 Å². The van der Waals surface area contributed by atoms with Gasteiger partial charge in [0, 0.05) is 33.2 Å². The van der Waals surface area contributed by atoms with E-state index in [1.807, 2.05) is 24.3 Å². The molecule has 0 spiro atoms. The van der Waals surface area contributed by atoms with Gasteiger partial charge < -0.3 is 4.57 Å². The van der Waals surface area contributed by atoms with E-state index in [1.165, 1.54) is 22.3 Å². The Morgan fingerprint density at radius 1 is 0.291 bits per heavy atom. The van der Waals surface area contributed by atoms with Crippen LogP contribution in [0.1, 0.15) is 0 Å². The summed E-state index contributed by atoms with van der Waals surface area (Å²) in [6.45, 7) is 0. The van der Waals surface area contributed by atoms with Gasteiger partial charge in [0.25, 0.3) is 0 Å². The van der Waals surface area contributed by atoms with Gasteiger partial charge in [-0.3, -0.25) is 0 Å². The second-order valence-corrected chi connectivity index (χ2v) is 13.7. The predicted molar refractivity (Wildman–Crippen MR) is 227 cm³/mol. The maximum absolute atomic E-state index is 5.26. The van der Waals surface area contributed by atoms with Crippen LogP contribution in [-0.2, 0) is 0 Å². The highest BCUT2D eigenvalue weighted by atomic mass is 15.0. The summed E-state index contributed by atoms with van der Waals surface area (Å²) in [6.07, 6.45) is 0. The van der Waals surface area contributed by atoms with Gasteiger partial charge in [-0.2, -0.15) is 0 Å². The van der Waals surface area contributed by atoms with Crippen molar-refractivity contribution >= 4 is 21.8 Å². The zero-order valence-electron chi connectivity index (χ0n) is 29.9. The van der Waals surface area contributed by atoms with Crippen molar-refractivity contribution < 1.29 is 0 Å². The van der Waals surface area contributed by atoms with Crippen LogP contribution < -0.4 is 0 Å². The third-order valence-electron chi connectivity index (χ3n) is 10.2. The number of rotatable bonds is 7. The standard InChI is InChI=1S/C51H34N4/c1-4-16-35(17-5-1)38-22-12-23-39(32-38)40-24-13-26-42(33-40)50-52-49(37-20-8-3-9-21-37)53-51(54-50)45-29-15-31-47-48(45)44-28-10-11-30-46(44)55(47)43-27-14-25-41(34-43)36-18-6-2-7-19-36/h1-34H. The van der Waals surface area contributed by atoms with Gasteiger partial charge in [-0.25, -0.2) is 15.0 Å². The van der Waals surface area contributed by atoms with Crippen LogP contribution in [0.4, 0.5) is 0 Å². The molecule has 258 valence electrons. The number of benzene rings is 8.